The molecule has 6 heteroatoms. The van der Waals surface area contributed by atoms with E-state index in [-0.39, 0.29) is 44.0 Å². The summed E-state index contributed by atoms with van der Waals surface area (Å²) in [6.07, 6.45) is 88.3. The van der Waals surface area contributed by atoms with Crippen LogP contribution >= 0.6 is 0 Å². The number of allylic oxidation sites excluding steroid dienone is 26. The minimum absolute atomic E-state index is 0.108. The maximum atomic E-state index is 12.8. The molecule has 0 saturated carbocycles. The van der Waals surface area contributed by atoms with Crippen molar-refractivity contribution >= 4 is 17.9 Å². The summed E-state index contributed by atoms with van der Waals surface area (Å²) < 4.78 is 16.7. The van der Waals surface area contributed by atoms with Crippen LogP contribution in [0.5, 0.6) is 0 Å². The maximum Gasteiger partial charge on any atom is 0.306 e. The first kappa shape index (κ1) is 69.0. The number of ether oxygens (including phenoxy) is 3. The fraction of sp³-hybridized carbons (Fsp3) is 0.574. The van der Waals surface area contributed by atoms with Crippen molar-refractivity contribution in [2.24, 2.45) is 0 Å². The van der Waals surface area contributed by atoms with Gasteiger partial charge in [0.05, 0.1) is 0 Å². The monoisotopic (exact) mass is 1020 g/mol. The lowest BCUT2D eigenvalue weighted by Gasteiger charge is -2.18. The Balaban J connectivity index is 4.34. The quantitative estimate of drug-likeness (QED) is 0.0261. The van der Waals surface area contributed by atoms with E-state index >= 15 is 0 Å². The highest BCUT2D eigenvalue weighted by Crippen LogP contribution is 2.13. The lowest BCUT2D eigenvalue weighted by molar-refractivity contribution is -0.167. The summed E-state index contributed by atoms with van der Waals surface area (Å²) >= 11 is 0. The van der Waals surface area contributed by atoms with E-state index in [1.807, 2.05) is 0 Å². The minimum atomic E-state index is -0.815. The van der Waals surface area contributed by atoms with Crippen LogP contribution in [0.4, 0.5) is 0 Å². The van der Waals surface area contributed by atoms with Gasteiger partial charge in [0.1, 0.15) is 13.2 Å². The van der Waals surface area contributed by atoms with E-state index in [4.69, 9.17) is 14.2 Å². The van der Waals surface area contributed by atoms with Crippen molar-refractivity contribution in [2.45, 2.75) is 239 Å². The predicted octanol–water partition coefficient (Wildman–Crippen LogP) is 20.1. The number of hydrogen-bond acceptors (Lipinski definition) is 6. The first-order valence-corrected chi connectivity index (χ1v) is 29.5. The second kappa shape index (κ2) is 60.6. The molecule has 0 aliphatic rings. The Morgan fingerprint density at radius 2 is 0.527 bits per heavy atom. The van der Waals surface area contributed by atoms with E-state index in [1.54, 1.807) is 0 Å². The zero-order valence-corrected chi connectivity index (χ0v) is 47.3. The fourth-order valence-corrected chi connectivity index (χ4v) is 7.42. The van der Waals surface area contributed by atoms with Gasteiger partial charge in [0.15, 0.2) is 6.10 Å². The van der Waals surface area contributed by atoms with Crippen molar-refractivity contribution in [3.05, 3.63) is 158 Å². The minimum Gasteiger partial charge on any atom is -0.462 e. The standard InChI is InChI=1S/C68H106O6/c1-4-7-10-13-16-19-22-24-25-26-27-28-29-30-31-32-33-34-35-36-37-38-39-40-41-42-43-45-46-49-52-55-58-61-67(70)73-64-65(63-72-66(69)60-57-54-51-48-21-18-15-12-9-6-3)74-68(71)62-59-56-53-50-47-44-23-20-17-14-11-8-5-2/h7-8,10-11,16-17,19-20,24-25,27-28,30-31,33-34,36-37,39-40,42-44,46-47,49,65H,4-6,9,12-15,18,21-23,26,29,32,35,38,41,45,48,50-64H2,1-3H3/b10-7-,11-8-,19-16-,20-17-,25-24-,28-27-,31-30-,34-33-,37-36-,40-39-,43-42-,47-44-,49-46-. The van der Waals surface area contributed by atoms with Gasteiger partial charge in [-0.1, -0.05) is 243 Å². The number of hydrogen-bond donors (Lipinski definition) is 0. The molecule has 1 atom stereocenters. The van der Waals surface area contributed by atoms with Crippen LogP contribution in [0.25, 0.3) is 0 Å². The smallest absolute Gasteiger partial charge is 0.306 e. The lowest BCUT2D eigenvalue weighted by atomic mass is 10.1. The molecular weight excluding hydrogens is 913 g/mol. The topological polar surface area (TPSA) is 78.9 Å². The van der Waals surface area contributed by atoms with E-state index < -0.39 is 6.10 Å². The zero-order valence-electron chi connectivity index (χ0n) is 47.3. The van der Waals surface area contributed by atoms with Crippen LogP contribution in [-0.4, -0.2) is 37.2 Å². The first-order chi connectivity index (χ1) is 36.5. The molecule has 0 radical (unpaired) electrons. The van der Waals surface area contributed by atoms with Gasteiger partial charge in [-0.05, 0) is 128 Å². The number of esters is 3. The largest absolute Gasteiger partial charge is 0.462 e. The molecular formula is C68H106O6. The van der Waals surface area contributed by atoms with E-state index in [9.17, 15) is 14.4 Å². The van der Waals surface area contributed by atoms with Gasteiger partial charge in [-0.2, -0.15) is 0 Å². The highest BCUT2D eigenvalue weighted by molar-refractivity contribution is 5.71. The molecule has 0 fully saturated rings. The Labute approximate surface area is 454 Å². The Bertz CT molecular complexity index is 1690. The molecule has 0 aliphatic heterocycles. The number of unbranched alkanes of at least 4 members (excludes halogenated alkanes) is 14. The summed E-state index contributed by atoms with van der Waals surface area (Å²) in [5.41, 5.74) is 0. The molecule has 0 aromatic heterocycles. The molecule has 0 bridgehead atoms. The second-order valence-electron chi connectivity index (χ2n) is 18.8. The van der Waals surface area contributed by atoms with Crippen LogP contribution in [0.2, 0.25) is 0 Å². The van der Waals surface area contributed by atoms with E-state index in [0.717, 1.165) is 141 Å². The van der Waals surface area contributed by atoms with Gasteiger partial charge in [0, 0.05) is 19.3 Å². The maximum absolute atomic E-state index is 12.8. The summed E-state index contributed by atoms with van der Waals surface area (Å²) in [5.74, 6) is -0.995. The van der Waals surface area contributed by atoms with Gasteiger partial charge >= 0.3 is 17.9 Å². The Morgan fingerprint density at radius 3 is 0.851 bits per heavy atom. The molecule has 0 heterocycles. The summed E-state index contributed by atoms with van der Waals surface area (Å²) in [6.45, 7) is 6.31. The van der Waals surface area contributed by atoms with Crippen LogP contribution < -0.4 is 0 Å². The third-order valence-electron chi connectivity index (χ3n) is 11.8. The predicted molar refractivity (Wildman–Crippen MR) is 320 cm³/mol. The highest BCUT2D eigenvalue weighted by Gasteiger charge is 2.19. The van der Waals surface area contributed by atoms with Gasteiger partial charge in [0.25, 0.3) is 0 Å². The molecule has 0 N–H and O–H groups in total. The summed E-state index contributed by atoms with van der Waals surface area (Å²) in [6, 6.07) is 0. The van der Waals surface area contributed by atoms with Crippen molar-refractivity contribution in [3.8, 4) is 0 Å². The second-order valence-corrected chi connectivity index (χ2v) is 18.8. The van der Waals surface area contributed by atoms with Crippen LogP contribution in [-0.2, 0) is 28.6 Å². The van der Waals surface area contributed by atoms with Crippen molar-refractivity contribution in [1.82, 2.24) is 0 Å². The van der Waals surface area contributed by atoms with E-state index in [0.29, 0.717) is 12.8 Å². The molecule has 0 saturated heterocycles. The van der Waals surface area contributed by atoms with Gasteiger partial charge in [-0.3, -0.25) is 14.4 Å². The Morgan fingerprint density at radius 1 is 0.284 bits per heavy atom. The van der Waals surface area contributed by atoms with Gasteiger partial charge in [-0.25, -0.2) is 0 Å². The number of rotatable bonds is 51. The average Bonchev–Trinajstić information content (AvgIpc) is 3.40. The van der Waals surface area contributed by atoms with E-state index in [1.165, 1.54) is 44.9 Å². The number of carbonyl (C=O) groups excluding carboxylic acids is 3. The normalized spacial score (nSPS) is 13.3. The Kier molecular flexibility index (Phi) is 56.5. The third kappa shape index (κ3) is 57.9. The number of carbonyl (C=O) groups is 3. The molecule has 0 spiro atoms. The fourth-order valence-electron chi connectivity index (χ4n) is 7.42. The van der Waals surface area contributed by atoms with Crippen LogP contribution in [0, 0.1) is 0 Å². The van der Waals surface area contributed by atoms with Crippen LogP contribution in [0.1, 0.15) is 233 Å². The molecule has 1 unspecified atom stereocenters. The molecule has 0 amide bonds. The molecule has 0 aromatic carbocycles. The van der Waals surface area contributed by atoms with Crippen molar-refractivity contribution in [1.29, 1.82) is 0 Å². The van der Waals surface area contributed by atoms with Crippen molar-refractivity contribution < 1.29 is 28.6 Å². The van der Waals surface area contributed by atoms with Crippen LogP contribution in [0.3, 0.4) is 0 Å². The first-order valence-electron chi connectivity index (χ1n) is 29.5. The molecule has 6 nitrogen and oxygen atoms in total. The lowest BCUT2D eigenvalue weighted by Crippen LogP contribution is -2.30. The average molecular weight is 1020 g/mol. The Hall–Kier alpha value is -4.97. The van der Waals surface area contributed by atoms with Crippen molar-refractivity contribution in [3.63, 3.8) is 0 Å². The SMILES string of the molecule is CC/C=C\C/C=C\C/C=C\C/C=C\C/C=C\C/C=C\C/C=C\C/C=C\C/C=C\C/C=C\CCCCC(=O)OCC(COC(=O)CCCCCCCCCCCC)OC(=O)CCCCC/C=C\C/C=C\C/C=C\CC. The highest BCUT2D eigenvalue weighted by atomic mass is 16.6. The third-order valence-corrected chi connectivity index (χ3v) is 11.8. The summed E-state index contributed by atoms with van der Waals surface area (Å²) in [7, 11) is 0. The summed E-state index contributed by atoms with van der Waals surface area (Å²) in [4.78, 5) is 38.0. The molecule has 0 aliphatic carbocycles. The van der Waals surface area contributed by atoms with Gasteiger partial charge in [0.2, 0.25) is 0 Å². The molecule has 414 valence electrons. The molecule has 0 rings (SSSR count). The molecule has 0 aromatic rings. The van der Waals surface area contributed by atoms with Gasteiger partial charge < -0.3 is 14.2 Å². The van der Waals surface area contributed by atoms with Crippen LogP contribution in [0.15, 0.2) is 158 Å². The zero-order chi connectivity index (χ0) is 53.6. The van der Waals surface area contributed by atoms with E-state index in [2.05, 4.69) is 179 Å². The molecule has 74 heavy (non-hydrogen) atoms. The summed E-state index contributed by atoms with van der Waals surface area (Å²) in [5, 5.41) is 0. The van der Waals surface area contributed by atoms with Crippen molar-refractivity contribution in [2.75, 3.05) is 13.2 Å². The van der Waals surface area contributed by atoms with Gasteiger partial charge in [-0.15, -0.1) is 0 Å².